The molecule has 0 spiro atoms. The molecule has 1 rings (SSSR count). The van der Waals surface area contributed by atoms with Gasteiger partial charge in [-0.05, 0) is 20.8 Å². The molecular weight excluding hydrogens is 208 g/mol. The van der Waals surface area contributed by atoms with Crippen LogP contribution in [-0.4, -0.2) is 29.8 Å². The van der Waals surface area contributed by atoms with Crippen molar-refractivity contribution in [3.63, 3.8) is 0 Å². The molecule has 0 bridgehead atoms. The summed E-state index contributed by atoms with van der Waals surface area (Å²) in [5.74, 6) is 0.536. The number of rotatable bonds is 7. The Kier molecular flexibility index (Phi) is 5.56. The van der Waals surface area contributed by atoms with Gasteiger partial charge in [0, 0.05) is 12.8 Å². The van der Waals surface area contributed by atoms with Gasteiger partial charge in [0.1, 0.15) is 0 Å². The predicted molar refractivity (Wildman–Crippen MR) is 59.7 cm³/mol. The number of nitrogens with zero attached hydrogens (tertiary/aromatic N) is 2. The van der Waals surface area contributed by atoms with E-state index in [9.17, 15) is 0 Å². The monoisotopic (exact) mass is 226 g/mol. The fourth-order valence-corrected chi connectivity index (χ4v) is 1.15. The molecule has 16 heavy (non-hydrogen) atoms. The molecule has 0 aliphatic rings. The van der Waals surface area contributed by atoms with Crippen molar-refractivity contribution in [2.45, 2.75) is 27.4 Å². The van der Waals surface area contributed by atoms with Gasteiger partial charge in [-0.3, -0.25) is 0 Å². The Morgan fingerprint density at radius 1 is 1.06 bits per heavy atom. The molecule has 0 aromatic carbocycles. The Bertz CT molecular complexity index is 318. The minimum atomic E-state index is 0.339. The lowest BCUT2D eigenvalue weighted by atomic mass is 10.3. The van der Waals surface area contributed by atoms with Gasteiger partial charge in [0.05, 0.1) is 25.4 Å². The van der Waals surface area contributed by atoms with Crippen molar-refractivity contribution < 1.29 is 14.2 Å². The molecule has 0 aliphatic heterocycles. The van der Waals surface area contributed by atoms with Crippen LogP contribution in [0, 0.1) is 0 Å². The van der Waals surface area contributed by atoms with E-state index in [-0.39, 0.29) is 0 Å². The third kappa shape index (κ3) is 3.66. The largest absolute Gasteiger partial charge is 0.478 e. The summed E-state index contributed by atoms with van der Waals surface area (Å²) in [5.41, 5.74) is 0.840. The van der Waals surface area contributed by atoms with Crippen molar-refractivity contribution in [2.75, 3.05) is 19.8 Å². The van der Waals surface area contributed by atoms with Gasteiger partial charge in [-0.2, -0.15) is 4.98 Å². The first-order chi connectivity index (χ1) is 7.81. The van der Waals surface area contributed by atoms with Crippen molar-refractivity contribution in [3.05, 3.63) is 11.8 Å². The molecule has 5 heteroatoms. The fraction of sp³-hybridized carbons (Fsp3) is 0.636. The summed E-state index contributed by atoms with van der Waals surface area (Å²) < 4.78 is 15.9. The van der Waals surface area contributed by atoms with Crippen LogP contribution < -0.4 is 9.47 Å². The Balaban J connectivity index is 2.80. The minimum Gasteiger partial charge on any atom is -0.478 e. The van der Waals surface area contributed by atoms with Crippen molar-refractivity contribution in [1.29, 1.82) is 0 Å². The van der Waals surface area contributed by atoms with Crippen molar-refractivity contribution in [2.24, 2.45) is 0 Å². The topological polar surface area (TPSA) is 53.5 Å². The van der Waals surface area contributed by atoms with E-state index in [4.69, 9.17) is 14.2 Å². The fourth-order valence-electron chi connectivity index (χ4n) is 1.15. The Morgan fingerprint density at radius 3 is 2.44 bits per heavy atom. The molecule has 0 N–H and O–H groups in total. The molecular formula is C11H18N2O3. The quantitative estimate of drug-likeness (QED) is 0.709. The van der Waals surface area contributed by atoms with Crippen LogP contribution in [0.15, 0.2) is 6.20 Å². The molecule has 0 atom stereocenters. The van der Waals surface area contributed by atoms with Crippen molar-refractivity contribution in [1.82, 2.24) is 9.97 Å². The van der Waals surface area contributed by atoms with E-state index in [1.54, 1.807) is 6.20 Å². The smallest absolute Gasteiger partial charge is 0.319 e. The molecule has 1 aromatic rings. The first-order valence-electron chi connectivity index (χ1n) is 5.51. The summed E-state index contributed by atoms with van der Waals surface area (Å²) >= 11 is 0. The number of hydrogen-bond donors (Lipinski definition) is 0. The maximum Gasteiger partial charge on any atom is 0.319 e. The third-order valence-corrected chi connectivity index (χ3v) is 1.82. The summed E-state index contributed by atoms with van der Waals surface area (Å²) in [6, 6.07) is 0.339. The number of ether oxygens (including phenoxy) is 3. The van der Waals surface area contributed by atoms with E-state index in [1.165, 1.54) is 0 Å². The van der Waals surface area contributed by atoms with Gasteiger partial charge in [0.15, 0.2) is 0 Å². The van der Waals surface area contributed by atoms with E-state index in [1.807, 2.05) is 20.8 Å². The zero-order valence-corrected chi connectivity index (χ0v) is 10.0. The van der Waals surface area contributed by atoms with Gasteiger partial charge in [0.2, 0.25) is 5.88 Å². The molecule has 5 nitrogen and oxygen atoms in total. The van der Waals surface area contributed by atoms with Crippen LogP contribution in [0.3, 0.4) is 0 Å². The lowest BCUT2D eigenvalue weighted by Gasteiger charge is -2.09. The van der Waals surface area contributed by atoms with Crippen LogP contribution in [0.4, 0.5) is 0 Å². The highest BCUT2D eigenvalue weighted by Gasteiger charge is 2.08. The number of aromatic nitrogens is 2. The van der Waals surface area contributed by atoms with Crippen molar-refractivity contribution >= 4 is 0 Å². The zero-order chi connectivity index (χ0) is 11.8. The van der Waals surface area contributed by atoms with Gasteiger partial charge in [-0.15, -0.1) is 0 Å². The van der Waals surface area contributed by atoms with Gasteiger partial charge < -0.3 is 14.2 Å². The molecule has 0 radical (unpaired) electrons. The van der Waals surface area contributed by atoms with Crippen LogP contribution >= 0.6 is 0 Å². The summed E-state index contributed by atoms with van der Waals surface area (Å²) in [6.45, 7) is 7.94. The van der Waals surface area contributed by atoms with E-state index in [0.717, 1.165) is 5.56 Å². The third-order valence-electron chi connectivity index (χ3n) is 1.82. The van der Waals surface area contributed by atoms with Crippen LogP contribution in [0.1, 0.15) is 26.3 Å². The van der Waals surface area contributed by atoms with Crippen LogP contribution in [0.25, 0.3) is 0 Å². The normalized spacial score (nSPS) is 10.2. The number of hydrogen-bond acceptors (Lipinski definition) is 5. The highest BCUT2D eigenvalue weighted by molar-refractivity contribution is 5.24. The van der Waals surface area contributed by atoms with Crippen molar-refractivity contribution in [3.8, 4) is 11.9 Å². The lowest BCUT2D eigenvalue weighted by Crippen LogP contribution is -2.05. The lowest BCUT2D eigenvalue weighted by molar-refractivity contribution is 0.130. The highest BCUT2D eigenvalue weighted by atomic mass is 16.5. The maximum atomic E-state index is 5.41. The van der Waals surface area contributed by atoms with Crippen LogP contribution in [-0.2, 0) is 11.3 Å². The van der Waals surface area contributed by atoms with Gasteiger partial charge in [-0.1, -0.05) is 0 Å². The molecule has 0 aliphatic carbocycles. The Labute approximate surface area is 95.8 Å². The summed E-state index contributed by atoms with van der Waals surface area (Å²) in [7, 11) is 0. The first kappa shape index (κ1) is 12.7. The second-order valence-electron chi connectivity index (χ2n) is 2.99. The second-order valence-corrected chi connectivity index (χ2v) is 2.99. The summed E-state index contributed by atoms with van der Waals surface area (Å²) in [5, 5.41) is 0. The average Bonchev–Trinajstić information content (AvgIpc) is 2.29. The first-order valence-corrected chi connectivity index (χ1v) is 5.51. The molecule has 90 valence electrons. The second kappa shape index (κ2) is 7.00. The minimum absolute atomic E-state index is 0.339. The van der Waals surface area contributed by atoms with E-state index in [2.05, 4.69) is 9.97 Å². The van der Waals surface area contributed by atoms with E-state index in [0.29, 0.717) is 38.3 Å². The standard InChI is InChI=1S/C11H18N2O3/c1-4-14-8-9-7-12-11(16-6-3)13-10(9)15-5-2/h7H,4-6,8H2,1-3H3. The van der Waals surface area contributed by atoms with Gasteiger partial charge in [0.25, 0.3) is 0 Å². The molecule has 0 saturated heterocycles. The molecule has 1 aromatic heterocycles. The Hall–Kier alpha value is -1.36. The maximum absolute atomic E-state index is 5.41. The molecule has 0 saturated carbocycles. The molecule has 0 amide bonds. The van der Waals surface area contributed by atoms with E-state index < -0.39 is 0 Å². The molecule has 0 unspecified atom stereocenters. The van der Waals surface area contributed by atoms with E-state index >= 15 is 0 Å². The summed E-state index contributed by atoms with van der Waals surface area (Å²) in [6.07, 6.45) is 1.68. The highest BCUT2D eigenvalue weighted by Crippen LogP contribution is 2.18. The van der Waals surface area contributed by atoms with Crippen LogP contribution in [0.5, 0.6) is 11.9 Å². The molecule has 1 heterocycles. The van der Waals surface area contributed by atoms with Gasteiger partial charge >= 0.3 is 6.01 Å². The SMILES string of the molecule is CCOCc1cnc(OCC)nc1OCC. The predicted octanol–water partition coefficient (Wildman–Crippen LogP) is 1.81. The van der Waals surface area contributed by atoms with Gasteiger partial charge in [-0.25, -0.2) is 4.98 Å². The molecule has 0 fully saturated rings. The van der Waals surface area contributed by atoms with Crippen LogP contribution in [0.2, 0.25) is 0 Å². The summed E-state index contributed by atoms with van der Waals surface area (Å²) in [4.78, 5) is 8.24. The average molecular weight is 226 g/mol. The Morgan fingerprint density at radius 2 is 1.81 bits per heavy atom. The zero-order valence-electron chi connectivity index (χ0n) is 10.0.